The topological polar surface area (TPSA) is 32.9 Å². The molecule has 0 aliphatic carbocycles. The first-order valence-electron chi connectivity index (χ1n) is 7.33. The van der Waals surface area contributed by atoms with E-state index in [1.165, 1.54) is 31.2 Å². The minimum absolute atomic E-state index is 0.270. The van der Waals surface area contributed by atoms with E-state index >= 15 is 0 Å². The monoisotopic (exact) mass is 257 g/mol. The number of hydrogen-bond donors (Lipinski definition) is 1. The third-order valence-corrected chi connectivity index (χ3v) is 3.65. The molecule has 1 aromatic heterocycles. The molecule has 1 N–H and O–H groups in total. The van der Waals surface area contributed by atoms with Gasteiger partial charge in [-0.3, -0.25) is 4.79 Å². The van der Waals surface area contributed by atoms with Crippen molar-refractivity contribution in [2.24, 2.45) is 0 Å². The summed E-state index contributed by atoms with van der Waals surface area (Å²) in [5, 5.41) is 1.06. The first-order valence-corrected chi connectivity index (χ1v) is 7.33. The number of nitrogens with one attached hydrogen (secondary N) is 1. The Morgan fingerprint density at radius 3 is 2.74 bits per heavy atom. The smallest absolute Gasteiger partial charge is 0.165 e. The molecule has 0 aliphatic rings. The van der Waals surface area contributed by atoms with Gasteiger partial charge in [-0.15, -0.1) is 0 Å². The molecule has 2 rings (SSSR count). The van der Waals surface area contributed by atoms with E-state index in [2.05, 4.69) is 31.0 Å². The summed E-state index contributed by atoms with van der Waals surface area (Å²) < 4.78 is 0. The molecule has 2 heteroatoms. The van der Waals surface area contributed by atoms with Gasteiger partial charge in [-0.25, -0.2) is 0 Å². The van der Waals surface area contributed by atoms with Gasteiger partial charge < -0.3 is 4.98 Å². The highest BCUT2D eigenvalue weighted by atomic mass is 16.1. The number of rotatable bonds is 7. The van der Waals surface area contributed by atoms with Gasteiger partial charge in [-0.2, -0.15) is 0 Å². The standard InChI is InChI=1S/C17H23NO/c1-3-4-5-6-7-8-17(19)15-12-18-16-11-13(2)9-10-14(15)16/h9-12,18H,3-8H2,1-2H3. The molecule has 19 heavy (non-hydrogen) atoms. The molecule has 0 unspecified atom stereocenters. The summed E-state index contributed by atoms with van der Waals surface area (Å²) in [6.45, 7) is 4.27. The number of benzene rings is 1. The van der Waals surface area contributed by atoms with Crippen molar-refractivity contribution in [3.8, 4) is 0 Å². The maximum Gasteiger partial charge on any atom is 0.165 e. The van der Waals surface area contributed by atoms with Crippen LogP contribution < -0.4 is 0 Å². The van der Waals surface area contributed by atoms with Crippen LogP contribution in [0.25, 0.3) is 10.9 Å². The second-order valence-electron chi connectivity index (χ2n) is 5.34. The Morgan fingerprint density at radius 1 is 1.16 bits per heavy atom. The van der Waals surface area contributed by atoms with Crippen molar-refractivity contribution in [3.05, 3.63) is 35.5 Å². The Balaban J connectivity index is 1.97. The van der Waals surface area contributed by atoms with Crippen molar-refractivity contribution in [3.63, 3.8) is 0 Å². The molecule has 0 amide bonds. The second kappa shape index (κ2) is 6.55. The molecular formula is C17H23NO. The van der Waals surface area contributed by atoms with Crippen LogP contribution in [0, 0.1) is 6.92 Å². The highest BCUT2D eigenvalue weighted by Gasteiger charge is 2.11. The molecule has 0 radical (unpaired) electrons. The number of unbranched alkanes of at least 4 members (excludes halogenated alkanes) is 4. The van der Waals surface area contributed by atoms with Gasteiger partial charge in [0.25, 0.3) is 0 Å². The van der Waals surface area contributed by atoms with Crippen LogP contribution in [-0.4, -0.2) is 10.8 Å². The summed E-state index contributed by atoms with van der Waals surface area (Å²) in [5.74, 6) is 0.270. The van der Waals surface area contributed by atoms with Gasteiger partial charge in [0.1, 0.15) is 0 Å². The molecule has 0 bridgehead atoms. The fourth-order valence-corrected chi connectivity index (χ4v) is 2.49. The highest BCUT2D eigenvalue weighted by Crippen LogP contribution is 2.21. The van der Waals surface area contributed by atoms with Crippen molar-refractivity contribution in [2.75, 3.05) is 0 Å². The van der Waals surface area contributed by atoms with Crippen molar-refractivity contribution in [1.29, 1.82) is 0 Å². The molecule has 0 aliphatic heterocycles. The molecule has 102 valence electrons. The van der Waals surface area contributed by atoms with Gasteiger partial charge >= 0.3 is 0 Å². The predicted molar refractivity (Wildman–Crippen MR) is 80.7 cm³/mol. The quantitative estimate of drug-likeness (QED) is 0.548. The number of Topliss-reactive ketones (excluding diaryl/α,β-unsaturated/α-hetero) is 1. The molecular weight excluding hydrogens is 234 g/mol. The largest absolute Gasteiger partial charge is 0.360 e. The van der Waals surface area contributed by atoms with Gasteiger partial charge in [-0.05, 0) is 25.0 Å². The van der Waals surface area contributed by atoms with E-state index in [1.54, 1.807) is 0 Å². The second-order valence-corrected chi connectivity index (χ2v) is 5.34. The number of carbonyl (C=O) groups excluding carboxylic acids is 1. The summed E-state index contributed by atoms with van der Waals surface area (Å²) >= 11 is 0. The van der Waals surface area contributed by atoms with Gasteiger partial charge in [0.05, 0.1) is 0 Å². The fourth-order valence-electron chi connectivity index (χ4n) is 2.49. The molecule has 0 fully saturated rings. The zero-order valence-electron chi connectivity index (χ0n) is 12.0. The van der Waals surface area contributed by atoms with Crippen LogP contribution in [0.1, 0.15) is 61.4 Å². The van der Waals surface area contributed by atoms with E-state index in [0.29, 0.717) is 6.42 Å². The Labute approximate surface area is 115 Å². The summed E-state index contributed by atoms with van der Waals surface area (Å²) in [5.41, 5.74) is 3.13. The Morgan fingerprint density at radius 2 is 1.95 bits per heavy atom. The van der Waals surface area contributed by atoms with Crippen LogP contribution in [0.5, 0.6) is 0 Å². The lowest BCUT2D eigenvalue weighted by molar-refractivity contribution is 0.0980. The van der Waals surface area contributed by atoms with Gasteiger partial charge in [0, 0.05) is 29.1 Å². The van der Waals surface area contributed by atoms with E-state index in [4.69, 9.17) is 0 Å². The van der Waals surface area contributed by atoms with E-state index in [9.17, 15) is 4.79 Å². The SMILES string of the molecule is CCCCCCCC(=O)c1c[nH]c2cc(C)ccc12. The van der Waals surface area contributed by atoms with Crippen LogP contribution in [0.4, 0.5) is 0 Å². The Bertz CT molecular complexity index is 553. The highest BCUT2D eigenvalue weighted by molar-refractivity contribution is 6.07. The molecule has 0 spiro atoms. The van der Waals surface area contributed by atoms with E-state index < -0.39 is 0 Å². The third-order valence-electron chi connectivity index (χ3n) is 3.65. The van der Waals surface area contributed by atoms with E-state index in [1.807, 2.05) is 12.3 Å². The van der Waals surface area contributed by atoms with Crippen molar-refractivity contribution in [2.45, 2.75) is 52.4 Å². The molecule has 0 saturated heterocycles. The maximum absolute atomic E-state index is 12.2. The molecule has 0 saturated carbocycles. The van der Waals surface area contributed by atoms with Crippen LogP contribution in [0.15, 0.2) is 24.4 Å². The predicted octanol–water partition coefficient (Wildman–Crippen LogP) is 5.02. The van der Waals surface area contributed by atoms with Crippen molar-refractivity contribution < 1.29 is 4.79 Å². The van der Waals surface area contributed by atoms with Crippen LogP contribution in [-0.2, 0) is 0 Å². The number of aryl methyl sites for hydroxylation is 1. The zero-order valence-corrected chi connectivity index (χ0v) is 12.0. The summed E-state index contributed by atoms with van der Waals surface area (Å²) in [6, 6.07) is 6.20. The van der Waals surface area contributed by atoms with Gasteiger partial charge in [0.15, 0.2) is 5.78 Å². The normalized spacial score (nSPS) is 11.1. The van der Waals surface area contributed by atoms with Crippen LogP contribution in [0.3, 0.4) is 0 Å². The minimum atomic E-state index is 0.270. The average molecular weight is 257 g/mol. The zero-order chi connectivity index (χ0) is 13.7. The summed E-state index contributed by atoms with van der Waals surface area (Å²) in [4.78, 5) is 15.4. The lowest BCUT2D eigenvalue weighted by Crippen LogP contribution is -1.97. The number of ketones is 1. The first kappa shape index (κ1) is 13.9. The minimum Gasteiger partial charge on any atom is -0.360 e. The fraction of sp³-hybridized carbons (Fsp3) is 0.471. The maximum atomic E-state index is 12.2. The van der Waals surface area contributed by atoms with Crippen molar-refractivity contribution in [1.82, 2.24) is 4.98 Å². The summed E-state index contributed by atoms with van der Waals surface area (Å²) in [6.07, 6.45) is 8.48. The number of fused-ring (bicyclic) bond motifs is 1. The first-order chi connectivity index (χ1) is 9.22. The lowest BCUT2D eigenvalue weighted by atomic mass is 10.0. The van der Waals surface area contributed by atoms with Gasteiger partial charge in [-0.1, -0.05) is 44.7 Å². The third kappa shape index (κ3) is 3.46. The number of hydrogen-bond acceptors (Lipinski definition) is 1. The van der Waals surface area contributed by atoms with Crippen LogP contribution in [0.2, 0.25) is 0 Å². The lowest BCUT2D eigenvalue weighted by Gasteiger charge is -2.00. The van der Waals surface area contributed by atoms with E-state index in [0.717, 1.165) is 22.9 Å². The summed E-state index contributed by atoms with van der Waals surface area (Å²) in [7, 11) is 0. The molecule has 2 nitrogen and oxygen atoms in total. The Hall–Kier alpha value is -1.57. The van der Waals surface area contributed by atoms with E-state index in [-0.39, 0.29) is 5.78 Å². The molecule has 0 atom stereocenters. The number of aromatic nitrogens is 1. The van der Waals surface area contributed by atoms with Crippen LogP contribution >= 0.6 is 0 Å². The molecule has 1 aromatic carbocycles. The number of carbonyl (C=O) groups is 1. The van der Waals surface area contributed by atoms with Crippen molar-refractivity contribution >= 4 is 16.7 Å². The van der Waals surface area contributed by atoms with Gasteiger partial charge in [0.2, 0.25) is 0 Å². The molecule has 2 aromatic rings. The number of aromatic amines is 1. The average Bonchev–Trinajstić information content (AvgIpc) is 2.81. The molecule has 1 heterocycles. The Kier molecular flexibility index (Phi) is 4.78. The number of H-pyrrole nitrogens is 1.